The Bertz CT molecular complexity index is 1600. The Kier molecular flexibility index (Phi) is 6.04. The number of halogens is 1. The average Bonchev–Trinajstić information content (AvgIpc) is 3.17. The summed E-state index contributed by atoms with van der Waals surface area (Å²) in [5, 5.41) is 3.13. The molecule has 5 rings (SSSR count). The molecule has 1 amide bonds. The van der Waals surface area contributed by atoms with Gasteiger partial charge in [0.1, 0.15) is 5.75 Å². The molecular formula is C24H20ClN3O5S2. The van der Waals surface area contributed by atoms with Crippen LogP contribution in [-0.4, -0.2) is 31.5 Å². The monoisotopic (exact) mass is 529 g/mol. The first-order valence-corrected chi connectivity index (χ1v) is 13.4. The molecule has 3 aromatic carbocycles. The zero-order valence-electron chi connectivity index (χ0n) is 18.5. The molecule has 2 heterocycles. The minimum atomic E-state index is -3.99. The fourth-order valence-electron chi connectivity index (χ4n) is 3.97. The highest BCUT2D eigenvalue weighted by atomic mass is 35.5. The van der Waals surface area contributed by atoms with Gasteiger partial charge in [0.05, 0.1) is 27.3 Å². The van der Waals surface area contributed by atoms with E-state index in [-0.39, 0.29) is 27.8 Å². The van der Waals surface area contributed by atoms with Gasteiger partial charge < -0.3 is 10.1 Å². The molecule has 8 nitrogen and oxygen atoms in total. The van der Waals surface area contributed by atoms with E-state index in [0.717, 1.165) is 25.9 Å². The lowest BCUT2D eigenvalue weighted by Gasteiger charge is -2.34. The van der Waals surface area contributed by atoms with Crippen molar-refractivity contribution in [3.05, 3.63) is 81.4 Å². The number of thiazole rings is 1. The van der Waals surface area contributed by atoms with Gasteiger partial charge in [-0.3, -0.25) is 18.5 Å². The Morgan fingerprint density at radius 2 is 1.91 bits per heavy atom. The van der Waals surface area contributed by atoms with Crippen molar-refractivity contribution in [2.45, 2.75) is 24.5 Å². The summed E-state index contributed by atoms with van der Waals surface area (Å²) in [4.78, 5) is 25.3. The zero-order chi connectivity index (χ0) is 24.7. The standard InChI is InChI=1S/C24H20ClN3O5S2/c1-2-27-18-10-9-16(13-22(18)34-24(27)30)26-23(29)21-14-28(19-12-15(25)8-11-20(19)33-21)35(31,32)17-6-4-3-5-7-17/h3-13,21H,2,14H2,1H3,(H,26,29). The van der Waals surface area contributed by atoms with Crippen molar-refractivity contribution in [3.63, 3.8) is 0 Å². The Balaban J connectivity index is 1.47. The van der Waals surface area contributed by atoms with Crippen LogP contribution in [-0.2, 0) is 21.4 Å². The maximum atomic E-state index is 13.5. The fourth-order valence-corrected chi connectivity index (χ4v) is 6.62. The van der Waals surface area contributed by atoms with Crippen LogP contribution in [0.1, 0.15) is 6.92 Å². The summed E-state index contributed by atoms with van der Waals surface area (Å²) in [6.07, 6.45) is -1.11. The second-order valence-electron chi connectivity index (χ2n) is 7.85. The van der Waals surface area contributed by atoms with Gasteiger partial charge in [0.15, 0.2) is 6.10 Å². The van der Waals surface area contributed by atoms with Crippen molar-refractivity contribution in [3.8, 4) is 5.75 Å². The van der Waals surface area contributed by atoms with Crippen molar-refractivity contribution < 1.29 is 17.9 Å². The van der Waals surface area contributed by atoms with Gasteiger partial charge in [-0.2, -0.15) is 0 Å². The van der Waals surface area contributed by atoms with Crippen molar-refractivity contribution in [2.75, 3.05) is 16.2 Å². The van der Waals surface area contributed by atoms with E-state index in [0.29, 0.717) is 17.3 Å². The number of amides is 1. The highest BCUT2D eigenvalue weighted by Gasteiger charge is 2.37. The number of hydrogen-bond donors (Lipinski definition) is 1. The Morgan fingerprint density at radius 3 is 2.66 bits per heavy atom. The number of nitrogens with zero attached hydrogens (tertiary/aromatic N) is 2. The van der Waals surface area contributed by atoms with Crippen LogP contribution < -0.4 is 19.2 Å². The van der Waals surface area contributed by atoms with E-state index in [1.807, 2.05) is 6.92 Å². The van der Waals surface area contributed by atoms with Crippen molar-refractivity contribution in [1.29, 1.82) is 0 Å². The van der Waals surface area contributed by atoms with Crippen LogP contribution in [0.5, 0.6) is 5.75 Å². The van der Waals surface area contributed by atoms with Gasteiger partial charge in [-0.15, -0.1) is 0 Å². The normalized spacial score (nSPS) is 15.5. The first-order valence-electron chi connectivity index (χ1n) is 10.8. The first-order chi connectivity index (χ1) is 16.8. The molecule has 180 valence electrons. The molecular weight excluding hydrogens is 510 g/mol. The molecule has 4 aromatic rings. The minimum absolute atomic E-state index is 0.0707. The number of sulfonamides is 1. The van der Waals surface area contributed by atoms with Gasteiger partial charge in [-0.05, 0) is 55.5 Å². The first kappa shape index (κ1) is 23.4. The number of aryl methyl sites for hydroxylation is 1. The molecule has 1 atom stereocenters. The third-order valence-corrected chi connectivity index (χ3v) is 8.64. The predicted molar refractivity (Wildman–Crippen MR) is 137 cm³/mol. The molecule has 0 spiro atoms. The number of carbonyl (C=O) groups is 1. The number of benzene rings is 3. The van der Waals surface area contributed by atoms with Crippen LogP contribution in [0.4, 0.5) is 11.4 Å². The molecule has 1 aromatic heterocycles. The predicted octanol–water partition coefficient (Wildman–Crippen LogP) is 4.33. The van der Waals surface area contributed by atoms with E-state index in [9.17, 15) is 18.0 Å². The average molecular weight is 530 g/mol. The quantitative estimate of drug-likeness (QED) is 0.415. The van der Waals surface area contributed by atoms with Gasteiger partial charge >= 0.3 is 4.87 Å². The molecule has 1 aliphatic heterocycles. The maximum Gasteiger partial charge on any atom is 0.308 e. The summed E-state index contributed by atoms with van der Waals surface area (Å²) in [5.74, 6) is -0.283. The molecule has 0 bridgehead atoms. The lowest BCUT2D eigenvalue weighted by molar-refractivity contribution is -0.122. The van der Waals surface area contributed by atoms with Crippen LogP contribution in [0.2, 0.25) is 5.02 Å². The van der Waals surface area contributed by atoms with Crippen LogP contribution >= 0.6 is 22.9 Å². The molecule has 11 heteroatoms. The summed E-state index contributed by atoms with van der Waals surface area (Å²) in [7, 11) is -3.99. The number of aromatic nitrogens is 1. The van der Waals surface area contributed by atoms with Gasteiger partial charge in [0.2, 0.25) is 0 Å². The fraction of sp³-hybridized carbons (Fsp3) is 0.167. The van der Waals surface area contributed by atoms with Gasteiger partial charge in [0, 0.05) is 17.3 Å². The molecule has 1 aliphatic rings. The van der Waals surface area contributed by atoms with E-state index in [2.05, 4.69) is 5.32 Å². The molecule has 0 fully saturated rings. The minimum Gasteiger partial charge on any atom is -0.476 e. The van der Waals surface area contributed by atoms with Crippen molar-refractivity contribution >= 4 is 60.5 Å². The molecule has 1 unspecified atom stereocenters. The van der Waals surface area contributed by atoms with E-state index < -0.39 is 22.0 Å². The number of fused-ring (bicyclic) bond motifs is 2. The Labute approximate surface area is 210 Å². The number of rotatable bonds is 5. The SMILES string of the molecule is CCn1c(=O)sc2cc(NC(=O)C3CN(S(=O)(=O)c4ccccc4)c4cc(Cl)ccc4O3)ccc21. The maximum absolute atomic E-state index is 13.5. The smallest absolute Gasteiger partial charge is 0.308 e. The van der Waals surface area contributed by atoms with E-state index in [1.54, 1.807) is 53.1 Å². The lowest BCUT2D eigenvalue weighted by atomic mass is 10.2. The van der Waals surface area contributed by atoms with E-state index in [1.165, 1.54) is 18.2 Å². The van der Waals surface area contributed by atoms with Crippen LogP contribution in [0.25, 0.3) is 10.2 Å². The molecule has 0 radical (unpaired) electrons. The third kappa shape index (κ3) is 4.29. The van der Waals surface area contributed by atoms with E-state index in [4.69, 9.17) is 16.3 Å². The summed E-state index contributed by atoms with van der Waals surface area (Å²) >= 11 is 7.23. The molecule has 0 saturated carbocycles. The van der Waals surface area contributed by atoms with Crippen LogP contribution in [0.15, 0.2) is 76.4 Å². The highest BCUT2D eigenvalue weighted by molar-refractivity contribution is 7.92. The van der Waals surface area contributed by atoms with E-state index >= 15 is 0 Å². The topological polar surface area (TPSA) is 97.7 Å². The second-order valence-corrected chi connectivity index (χ2v) is 11.1. The summed E-state index contributed by atoms with van der Waals surface area (Å²) in [6.45, 7) is 2.21. The highest BCUT2D eigenvalue weighted by Crippen LogP contribution is 2.39. The molecule has 1 N–H and O–H groups in total. The van der Waals surface area contributed by atoms with Crippen LogP contribution in [0, 0.1) is 0 Å². The third-order valence-electron chi connectivity index (χ3n) is 5.67. The second kappa shape index (κ2) is 9.03. The number of nitrogens with one attached hydrogen (secondary N) is 1. The summed E-state index contributed by atoms with van der Waals surface area (Å²) < 4.78 is 36.4. The Morgan fingerprint density at radius 1 is 1.14 bits per heavy atom. The van der Waals surface area contributed by atoms with Crippen LogP contribution in [0.3, 0.4) is 0 Å². The number of ether oxygens (including phenoxy) is 1. The van der Waals surface area contributed by atoms with Gasteiger partial charge in [-0.25, -0.2) is 8.42 Å². The lowest BCUT2D eigenvalue weighted by Crippen LogP contribution is -2.48. The molecule has 0 saturated heterocycles. The number of anilines is 2. The Hall–Kier alpha value is -3.34. The number of carbonyl (C=O) groups excluding carboxylic acids is 1. The summed E-state index contributed by atoms with van der Waals surface area (Å²) in [5.41, 5.74) is 1.54. The van der Waals surface area contributed by atoms with Crippen molar-refractivity contribution in [2.24, 2.45) is 0 Å². The van der Waals surface area contributed by atoms with Gasteiger partial charge in [0.25, 0.3) is 15.9 Å². The largest absolute Gasteiger partial charge is 0.476 e. The zero-order valence-corrected chi connectivity index (χ0v) is 20.9. The molecule has 35 heavy (non-hydrogen) atoms. The summed E-state index contributed by atoms with van der Waals surface area (Å²) in [6, 6.07) is 17.8. The number of hydrogen-bond acceptors (Lipinski definition) is 6. The van der Waals surface area contributed by atoms with Gasteiger partial charge in [-0.1, -0.05) is 41.1 Å². The molecule has 0 aliphatic carbocycles. The van der Waals surface area contributed by atoms with Crippen molar-refractivity contribution in [1.82, 2.24) is 4.57 Å².